The highest BCUT2D eigenvalue weighted by Crippen LogP contribution is 2.37. The van der Waals surface area contributed by atoms with Crippen LogP contribution in [0.25, 0.3) is 17.7 Å². The van der Waals surface area contributed by atoms with Crippen LogP contribution in [0.2, 0.25) is 0 Å². The van der Waals surface area contributed by atoms with Crippen molar-refractivity contribution in [2.75, 3.05) is 19.6 Å². The van der Waals surface area contributed by atoms with Crippen molar-refractivity contribution in [3.05, 3.63) is 51.0 Å². The summed E-state index contributed by atoms with van der Waals surface area (Å²) in [5.41, 5.74) is 2.56. The predicted molar refractivity (Wildman–Crippen MR) is 226 cm³/mol. The first-order chi connectivity index (χ1) is 26.4. The Morgan fingerprint density at radius 1 is 0.825 bits per heavy atom. The Kier molecular flexibility index (Phi) is 14.2. The third kappa shape index (κ3) is 11.3. The molecule has 1 atom stereocenters. The number of carboxylic acids is 2. The fraction of sp³-hybridized carbons (Fsp3) is 0.638. The molecule has 3 aliphatic rings. The van der Waals surface area contributed by atoms with Gasteiger partial charge in [0.15, 0.2) is 0 Å². The molecule has 1 fully saturated rings. The number of carboxylic acid groups (broad SMARTS) is 2. The van der Waals surface area contributed by atoms with Gasteiger partial charge in [-0.2, -0.15) is 0 Å². The minimum atomic E-state index is -0.880. The molecule has 1 aromatic carbocycles. The van der Waals surface area contributed by atoms with E-state index in [-0.39, 0.29) is 47.3 Å². The van der Waals surface area contributed by atoms with E-state index in [0.717, 1.165) is 55.6 Å². The molecule has 3 amide bonds. The van der Waals surface area contributed by atoms with Crippen LogP contribution in [0.3, 0.4) is 0 Å². The number of nitrogens with one attached hydrogen (secondary N) is 1. The molecule has 0 aromatic heterocycles. The first kappa shape index (κ1) is 45.5. The number of fused-ring (bicyclic) bond motifs is 1. The first-order valence-electron chi connectivity index (χ1n) is 21.0. The molecule has 1 aromatic rings. The molecule has 1 aliphatic carbocycles. The Morgan fingerprint density at radius 3 is 1.93 bits per heavy atom. The Hall–Kier alpha value is -4.21. The predicted octanol–water partition coefficient (Wildman–Crippen LogP) is 7.68. The Labute approximate surface area is 340 Å². The summed E-state index contributed by atoms with van der Waals surface area (Å²) in [6.45, 7) is 26.7. The summed E-state index contributed by atoms with van der Waals surface area (Å²) in [5, 5.41) is 23.4. The zero-order chi connectivity index (χ0) is 42.7. The second-order valence-corrected chi connectivity index (χ2v) is 20.0. The number of carbonyl (C=O) groups excluding carboxylic acids is 3. The van der Waals surface area contributed by atoms with Gasteiger partial charge in [-0.15, -0.1) is 0 Å². The molecular weight excluding hydrogens is 719 g/mol. The summed E-state index contributed by atoms with van der Waals surface area (Å²) in [6, 6.07) is 3.80. The zero-order valence-corrected chi connectivity index (χ0v) is 36.5. The lowest BCUT2D eigenvalue weighted by Crippen LogP contribution is -2.58. The standard InChI is InChI=1S/C47H69N3O7/c1-12-33-34-17-18-36-40(31(34)3)35(42(56)50(43(36)57)47(10,11)22-21-45(6,7)28-39(53)54)16-15-30(2)25-32(26-37(33)49-23-13-14-24-49)41(55)48-29-46(8,9)20-19-44(4,5)27-38(51)52/h17-18,26,30H,3,12-16,19-25,27-29H2,1-2,4-11H3,(H,48,55)(H,51,52)(H,53,54)/b32-26+,37-33-. The fourth-order valence-corrected chi connectivity index (χ4v) is 8.73. The summed E-state index contributed by atoms with van der Waals surface area (Å²) in [4.78, 5) is 70.2. The van der Waals surface area contributed by atoms with Crippen molar-refractivity contribution in [2.45, 2.75) is 152 Å². The van der Waals surface area contributed by atoms with Gasteiger partial charge < -0.3 is 20.4 Å². The van der Waals surface area contributed by atoms with Gasteiger partial charge >= 0.3 is 11.9 Å². The van der Waals surface area contributed by atoms with E-state index in [9.17, 15) is 34.2 Å². The van der Waals surface area contributed by atoms with Crippen LogP contribution in [0, 0.1) is 22.2 Å². The normalized spacial score (nSPS) is 20.8. The highest BCUT2D eigenvalue weighted by Gasteiger charge is 2.43. The van der Waals surface area contributed by atoms with Crippen molar-refractivity contribution >= 4 is 47.4 Å². The maximum Gasteiger partial charge on any atom is 0.303 e. The van der Waals surface area contributed by atoms with Crippen LogP contribution in [0.5, 0.6) is 0 Å². The number of hydrogen-bond donors (Lipinski definition) is 3. The molecule has 10 heteroatoms. The van der Waals surface area contributed by atoms with Gasteiger partial charge in [-0.1, -0.05) is 68.0 Å². The van der Waals surface area contributed by atoms with Crippen molar-refractivity contribution in [1.82, 2.24) is 15.1 Å². The maximum atomic E-state index is 14.7. The molecule has 2 aliphatic heterocycles. The molecular formula is C47H69N3O7. The van der Waals surface area contributed by atoms with Crippen molar-refractivity contribution in [2.24, 2.45) is 22.2 Å². The first-order valence-corrected chi connectivity index (χ1v) is 21.0. The zero-order valence-electron chi connectivity index (χ0n) is 36.5. The molecule has 0 saturated carbocycles. The molecule has 0 radical (unpaired) electrons. The Morgan fingerprint density at radius 2 is 1.37 bits per heavy atom. The average molecular weight is 788 g/mol. The molecule has 1 saturated heterocycles. The van der Waals surface area contributed by atoms with Crippen molar-refractivity contribution < 1.29 is 34.2 Å². The smallest absolute Gasteiger partial charge is 0.303 e. The van der Waals surface area contributed by atoms with Crippen LogP contribution in [-0.4, -0.2) is 74.8 Å². The minimum absolute atomic E-state index is 0.0113. The van der Waals surface area contributed by atoms with E-state index in [0.29, 0.717) is 72.2 Å². The highest BCUT2D eigenvalue weighted by molar-refractivity contribution is 6.25. The summed E-state index contributed by atoms with van der Waals surface area (Å²) >= 11 is 0. The lowest BCUT2D eigenvalue weighted by molar-refractivity contribution is -0.140. The lowest BCUT2D eigenvalue weighted by atomic mass is 9.77. The molecule has 0 spiro atoms. The van der Waals surface area contributed by atoms with Gasteiger partial charge in [-0.3, -0.25) is 28.9 Å². The second-order valence-electron chi connectivity index (χ2n) is 20.0. The van der Waals surface area contributed by atoms with E-state index in [4.69, 9.17) is 0 Å². The van der Waals surface area contributed by atoms with Gasteiger partial charge in [-0.05, 0) is 129 Å². The molecule has 4 rings (SSSR count). The topological polar surface area (TPSA) is 144 Å². The van der Waals surface area contributed by atoms with Crippen LogP contribution >= 0.6 is 0 Å². The van der Waals surface area contributed by atoms with E-state index < -0.39 is 22.9 Å². The Balaban J connectivity index is 1.78. The van der Waals surface area contributed by atoms with E-state index in [1.54, 1.807) is 0 Å². The second kappa shape index (κ2) is 17.7. The quantitative estimate of drug-likeness (QED) is 0.145. The number of imide groups is 1. The average Bonchev–Trinajstić information content (AvgIpc) is 3.63. The molecule has 3 N–H and O–H groups in total. The number of amides is 3. The lowest BCUT2D eigenvalue weighted by Gasteiger charge is -2.41. The SMILES string of the molecule is C=c1c2ccc3c1=C(CCC(C)C/C(C(=O)NCC(C)(C)CCC(C)(C)CC(=O)O)=C\C(N1CCCC1)=C\2CC)C(=O)N(C(C)(C)CCC(C)(C)CC(=O)O)C3=O. The van der Waals surface area contributed by atoms with Gasteiger partial charge in [0.05, 0.1) is 12.8 Å². The van der Waals surface area contributed by atoms with Crippen molar-refractivity contribution in [3.63, 3.8) is 0 Å². The Bertz CT molecular complexity index is 1930. The monoisotopic (exact) mass is 788 g/mol. The molecule has 2 bridgehead atoms. The number of rotatable bonds is 16. The van der Waals surface area contributed by atoms with E-state index in [1.807, 2.05) is 53.7 Å². The molecule has 10 nitrogen and oxygen atoms in total. The number of carbonyl (C=O) groups is 5. The van der Waals surface area contributed by atoms with Crippen LogP contribution in [0.1, 0.15) is 162 Å². The number of aliphatic carboxylic acids is 2. The summed E-state index contributed by atoms with van der Waals surface area (Å²) in [7, 11) is 0. The van der Waals surface area contributed by atoms with Crippen LogP contribution < -0.4 is 15.8 Å². The molecule has 2 heterocycles. The number of allylic oxidation sites excluding steroid dienone is 2. The van der Waals surface area contributed by atoms with Crippen LogP contribution in [0.15, 0.2) is 29.5 Å². The summed E-state index contributed by atoms with van der Waals surface area (Å²) < 4.78 is 0. The van der Waals surface area contributed by atoms with Gasteiger partial charge in [0.25, 0.3) is 11.8 Å². The third-order valence-electron chi connectivity index (χ3n) is 12.5. The van der Waals surface area contributed by atoms with Crippen LogP contribution in [0.4, 0.5) is 0 Å². The van der Waals surface area contributed by atoms with E-state index >= 15 is 0 Å². The maximum absolute atomic E-state index is 14.7. The molecule has 1 unspecified atom stereocenters. The number of nitrogens with zero attached hydrogens (tertiary/aromatic N) is 2. The van der Waals surface area contributed by atoms with Gasteiger partial charge in [-0.25, -0.2) is 0 Å². The number of hydrogen-bond acceptors (Lipinski definition) is 6. The van der Waals surface area contributed by atoms with Crippen LogP contribution in [-0.2, 0) is 19.2 Å². The number of benzene rings is 1. The fourth-order valence-electron chi connectivity index (χ4n) is 8.73. The highest BCUT2D eigenvalue weighted by atomic mass is 16.4. The number of likely N-dealkylation sites (tertiary alicyclic amines) is 1. The molecule has 314 valence electrons. The third-order valence-corrected chi connectivity index (χ3v) is 12.5. The summed E-state index contributed by atoms with van der Waals surface area (Å²) in [6.07, 6.45) is 8.85. The van der Waals surface area contributed by atoms with Crippen molar-refractivity contribution in [1.29, 1.82) is 0 Å². The van der Waals surface area contributed by atoms with Crippen molar-refractivity contribution in [3.8, 4) is 0 Å². The van der Waals surface area contributed by atoms with E-state index in [1.165, 1.54) is 4.90 Å². The van der Waals surface area contributed by atoms with Gasteiger partial charge in [0.1, 0.15) is 0 Å². The molecule has 57 heavy (non-hydrogen) atoms. The summed E-state index contributed by atoms with van der Waals surface area (Å²) in [5.74, 6) is -2.48. The van der Waals surface area contributed by atoms with Gasteiger partial charge in [0, 0.05) is 52.8 Å². The van der Waals surface area contributed by atoms with Gasteiger partial charge in [0.2, 0.25) is 5.91 Å². The largest absolute Gasteiger partial charge is 0.481 e. The van der Waals surface area contributed by atoms with E-state index in [2.05, 4.69) is 50.6 Å². The minimum Gasteiger partial charge on any atom is -0.481 e.